The van der Waals surface area contributed by atoms with Gasteiger partial charge >= 0.3 is 5.97 Å². The highest BCUT2D eigenvalue weighted by atomic mass is 19.2. The van der Waals surface area contributed by atoms with Gasteiger partial charge in [-0.15, -0.1) is 0 Å². The van der Waals surface area contributed by atoms with Gasteiger partial charge < -0.3 is 4.74 Å². The van der Waals surface area contributed by atoms with E-state index < -0.39 is 17.6 Å². The van der Waals surface area contributed by atoms with Gasteiger partial charge in [-0.25, -0.2) is 8.78 Å². The van der Waals surface area contributed by atoms with Gasteiger partial charge in [0.15, 0.2) is 11.6 Å². The molecule has 2 aliphatic rings. The molecule has 2 aliphatic carbocycles. The van der Waals surface area contributed by atoms with Crippen molar-refractivity contribution in [3.05, 3.63) is 64.5 Å². The third-order valence-corrected chi connectivity index (χ3v) is 8.93. The molecule has 0 aliphatic heterocycles. The zero-order valence-electron chi connectivity index (χ0n) is 23.0. The molecule has 0 bridgehead atoms. The molecule has 2 aromatic rings. The van der Waals surface area contributed by atoms with E-state index in [9.17, 15) is 18.0 Å². The molecule has 0 atom stereocenters. The van der Waals surface area contributed by atoms with Crippen LogP contribution in [-0.4, -0.2) is 5.97 Å². The average molecular weight is 529 g/mol. The Bertz CT molecular complexity index is 1070. The van der Waals surface area contributed by atoms with E-state index >= 15 is 0 Å². The summed E-state index contributed by atoms with van der Waals surface area (Å²) in [5, 5.41) is 0. The molecule has 38 heavy (non-hydrogen) atoms. The van der Waals surface area contributed by atoms with Gasteiger partial charge in [0.2, 0.25) is 5.82 Å². The van der Waals surface area contributed by atoms with Crippen LogP contribution in [0, 0.1) is 29.3 Å². The summed E-state index contributed by atoms with van der Waals surface area (Å²) in [6, 6.07) is 8.59. The highest BCUT2D eigenvalue weighted by Crippen LogP contribution is 2.41. The first-order valence-electron chi connectivity index (χ1n) is 14.9. The molecular formula is C33H43F3O2. The van der Waals surface area contributed by atoms with Crippen LogP contribution < -0.4 is 4.74 Å². The highest BCUT2D eigenvalue weighted by molar-refractivity contribution is 5.75. The molecule has 0 radical (unpaired) electrons. The first kappa shape index (κ1) is 28.7. The zero-order chi connectivity index (χ0) is 27.1. The number of benzene rings is 2. The highest BCUT2D eigenvalue weighted by Gasteiger charge is 2.31. The number of aryl methyl sites for hydroxylation is 1. The second kappa shape index (κ2) is 13.7. The number of carbonyl (C=O) groups excluding carboxylic acids is 1. The molecule has 5 heteroatoms. The van der Waals surface area contributed by atoms with Crippen LogP contribution in [-0.2, 0) is 11.2 Å². The number of carbonyl (C=O) groups is 1. The van der Waals surface area contributed by atoms with Crippen LogP contribution in [0.2, 0.25) is 0 Å². The first-order chi connectivity index (χ1) is 18.4. The van der Waals surface area contributed by atoms with Gasteiger partial charge in [0, 0.05) is 0 Å². The van der Waals surface area contributed by atoms with Crippen LogP contribution in [0.4, 0.5) is 13.2 Å². The largest absolute Gasteiger partial charge is 0.423 e. The lowest BCUT2D eigenvalue weighted by atomic mass is 9.77. The Hall–Kier alpha value is -2.30. The van der Waals surface area contributed by atoms with E-state index in [1.807, 2.05) is 12.1 Å². The van der Waals surface area contributed by atoms with Crippen LogP contribution >= 0.6 is 0 Å². The fourth-order valence-corrected chi connectivity index (χ4v) is 6.55. The summed E-state index contributed by atoms with van der Waals surface area (Å²) in [6.45, 7) is 4.32. The van der Waals surface area contributed by atoms with E-state index in [2.05, 4.69) is 13.8 Å². The van der Waals surface area contributed by atoms with Crippen molar-refractivity contribution in [3.63, 3.8) is 0 Å². The summed E-state index contributed by atoms with van der Waals surface area (Å²) >= 11 is 0. The molecule has 0 saturated heterocycles. The maximum absolute atomic E-state index is 15.0. The standard InChI is InChI=1S/C33H43F3O2/c1-3-5-6-8-25-15-18-27(21-29(25)34)23-13-16-26(17-14-23)33(37)38-30-20-19-28(31(35)32(30)36)24-11-9-22(7-4-2)10-12-24/h15,18-24,26H,3-14,16-17H2,1-2H3. The summed E-state index contributed by atoms with van der Waals surface area (Å²) in [4.78, 5) is 12.8. The van der Waals surface area contributed by atoms with Crippen molar-refractivity contribution in [1.29, 1.82) is 0 Å². The van der Waals surface area contributed by atoms with Gasteiger partial charge in [0.25, 0.3) is 0 Å². The van der Waals surface area contributed by atoms with E-state index in [1.165, 1.54) is 12.5 Å². The molecule has 0 unspecified atom stereocenters. The molecule has 0 spiro atoms. The number of esters is 1. The molecule has 208 valence electrons. The lowest BCUT2D eigenvalue weighted by Gasteiger charge is -2.29. The SMILES string of the molecule is CCCCCc1ccc(C2CCC(C(=O)Oc3ccc(C4CCC(CCC)CC4)c(F)c3F)CC2)cc1F. The fourth-order valence-electron chi connectivity index (χ4n) is 6.55. The maximum Gasteiger partial charge on any atom is 0.314 e. The van der Waals surface area contributed by atoms with E-state index in [0.717, 1.165) is 81.8 Å². The molecular weight excluding hydrogens is 485 g/mol. The number of hydrogen-bond acceptors (Lipinski definition) is 2. The molecule has 0 heterocycles. The summed E-state index contributed by atoms with van der Waals surface area (Å²) < 4.78 is 49.9. The topological polar surface area (TPSA) is 26.3 Å². The lowest BCUT2D eigenvalue weighted by molar-refractivity contribution is -0.140. The molecule has 2 aromatic carbocycles. The van der Waals surface area contributed by atoms with Crippen molar-refractivity contribution in [3.8, 4) is 5.75 Å². The molecule has 4 rings (SSSR count). The molecule has 2 fully saturated rings. The zero-order valence-corrected chi connectivity index (χ0v) is 23.0. The Morgan fingerprint density at radius 2 is 1.53 bits per heavy atom. The minimum absolute atomic E-state index is 0.0212. The third kappa shape index (κ3) is 7.01. The number of hydrogen-bond donors (Lipinski definition) is 0. The minimum atomic E-state index is -1.06. The first-order valence-corrected chi connectivity index (χ1v) is 14.9. The Balaban J connectivity index is 1.30. The number of halogens is 3. The van der Waals surface area contributed by atoms with Crippen molar-refractivity contribution >= 4 is 5.97 Å². The third-order valence-electron chi connectivity index (χ3n) is 8.93. The molecule has 2 nitrogen and oxygen atoms in total. The average Bonchev–Trinajstić information content (AvgIpc) is 2.93. The summed E-state index contributed by atoms with van der Waals surface area (Å²) in [7, 11) is 0. The van der Waals surface area contributed by atoms with Crippen molar-refractivity contribution in [2.24, 2.45) is 11.8 Å². The monoisotopic (exact) mass is 528 g/mol. The van der Waals surface area contributed by atoms with Gasteiger partial charge in [-0.05, 0) is 111 Å². The van der Waals surface area contributed by atoms with Crippen LogP contribution in [0.25, 0.3) is 0 Å². The van der Waals surface area contributed by atoms with Gasteiger partial charge in [-0.2, -0.15) is 4.39 Å². The van der Waals surface area contributed by atoms with Crippen LogP contribution in [0.5, 0.6) is 5.75 Å². The van der Waals surface area contributed by atoms with Gasteiger partial charge in [-0.3, -0.25) is 4.79 Å². The van der Waals surface area contributed by atoms with E-state index in [0.29, 0.717) is 24.3 Å². The normalized spacial score (nSPS) is 23.8. The lowest BCUT2D eigenvalue weighted by Crippen LogP contribution is -2.25. The van der Waals surface area contributed by atoms with Crippen molar-refractivity contribution in [2.75, 3.05) is 0 Å². The predicted molar refractivity (Wildman–Crippen MR) is 146 cm³/mol. The van der Waals surface area contributed by atoms with E-state index in [1.54, 1.807) is 12.1 Å². The molecule has 0 amide bonds. The Morgan fingerprint density at radius 1 is 0.816 bits per heavy atom. The number of rotatable bonds is 10. The summed E-state index contributed by atoms with van der Waals surface area (Å²) in [6.07, 6.45) is 12.8. The van der Waals surface area contributed by atoms with E-state index in [4.69, 9.17) is 4.74 Å². The molecule has 0 N–H and O–H groups in total. The second-order valence-electron chi connectivity index (χ2n) is 11.6. The number of unbranched alkanes of at least 4 members (excludes halogenated alkanes) is 2. The second-order valence-corrected chi connectivity index (χ2v) is 11.6. The minimum Gasteiger partial charge on any atom is -0.423 e. The van der Waals surface area contributed by atoms with Gasteiger partial charge in [0.05, 0.1) is 5.92 Å². The summed E-state index contributed by atoms with van der Waals surface area (Å²) in [5.74, 6) is -2.37. The Kier molecular flexibility index (Phi) is 10.3. The van der Waals surface area contributed by atoms with Crippen molar-refractivity contribution < 1.29 is 22.7 Å². The van der Waals surface area contributed by atoms with Crippen molar-refractivity contribution in [1.82, 2.24) is 0 Å². The van der Waals surface area contributed by atoms with Gasteiger partial charge in [-0.1, -0.05) is 57.7 Å². The maximum atomic E-state index is 15.0. The quantitative estimate of drug-likeness (QED) is 0.174. The smallest absolute Gasteiger partial charge is 0.314 e. The van der Waals surface area contributed by atoms with Crippen LogP contribution in [0.1, 0.15) is 126 Å². The van der Waals surface area contributed by atoms with Crippen molar-refractivity contribution in [2.45, 2.75) is 116 Å². The Morgan fingerprint density at radius 3 is 2.18 bits per heavy atom. The predicted octanol–water partition coefficient (Wildman–Crippen LogP) is 9.79. The Labute approximate surface area is 226 Å². The fraction of sp³-hybridized carbons (Fsp3) is 0.606. The van der Waals surface area contributed by atoms with Gasteiger partial charge in [0.1, 0.15) is 5.82 Å². The number of ether oxygens (including phenoxy) is 1. The molecule has 2 saturated carbocycles. The summed E-state index contributed by atoms with van der Waals surface area (Å²) in [5.41, 5.74) is 2.14. The van der Waals surface area contributed by atoms with Crippen LogP contribution in [0.3, 0.4) is 0 Å². The molecule has 0 aromatic heterocycles. The van der Waals surface area contributed by atoms with Crippen LogP contribution in [0.15, 0.2) is 30.3 Å². The van der Waals surface area contributed by atoms with E-state index in [-0.39, 0.29) is 29.3 Å².